The van der Waals surface area contributed by atoms with Crippen molar-refractivity contribution in [1.82, 2.24) is 5.32 Å². The topological polar surface area (TPSA) is 12.0 Å². The van der Waals surface area contributed by atoms with Crippen molar-refractivity contribution >= 4 is 22.9 Å². The molecule has 2 aliphatic carbocycles. The summed E-state index contributed by atoms with van der Waals surface area (Å²) in [6.07, 6.45) is 6.56. The van der Waals surface area contributed by atoms with Crippen LogP contribution in [0.2, 0.25) is 4.34 Å². The molecule has 0 radical (unpaired) electrons. The molecule has 1 N–H and O–H groups in total. The van der Waals surface area contributed by atoms with Gasteiger partial charge < -0.3 is 5.32 Å². The molecule has 2 aliphatic rings. The Bertz CT molecular complexity index is 343. The molecule has 1 aromatic heterocycles. The standard InChI is InChI=1S/C11H14ClNS/c12-11-6-8-9(13-7-4-5-7)2-1-3-10(8)14-11/h6-7,9,13H,1-5H2. The van der Waals surface area contributed by atoms with Gasteiger partial charge in [0.15, 0.2) is 0 Å². The number of hydrogen-bond donors (Lipinski definition) is 1. The zero-order valence-corrected chi connectivity index (χ0v) is 9.63. The number of aryl methyl sites for hydroxylation is 1. The molecule has 0 saturated heterocycles. The molecule has 3 rings (SSSR count). The zero-order chi connectivity index (χ0) is 9.54. The molecule has 0 aliphatic heterocycles. The van der Waals surface area contributed by atoms with Gasteiger partial charge in [-0.15, -0.1) is 11.3 Å². The number of fused-ring (bicyclic) bond motifs is 1. The number of halogens is 1. The van der Waals surface area contributed by atoms with Crippen LogP contribution in [0.1, 0.15) is 42.2 Å². The molecule has 1 atom stereocenters. The molecule has 0 bridgehead atoms. The van der Waals surface area contributed by atoms with Crippen molar-refractivity contribution in [3.05, 3.63) is 20.8 Å². The average Bonchev–Trinajstić information content (AvgIpc) is 2.87. The summed E-state index contributed by atoms with van der Waals surface area (Å²) in [4.78, 5) is 1.51. The first-order valence-electron chi connectivity index (χ1n) is 5.37. The summed E-state index contributed by atoms with van der Waals surface area (Å²) in [5.74, 6) is 0. The highest BCUT2D eigenvalue weighted by Gasteiger charge is 2.29. The second kappa shape index (κ2) is 3.51. The fraction of sp³-hybridized carbons (Fsp3) is 0.636. The van der Waals surface area contributed by atoms with Gasteiger partial charge in [-0.2, -0.15) is 0 Å². The van der Waals surface area contributed by atoms with E-state index in [2.05, 4.69) is 11.4 Å². The van der Waals surface area contributed by atoms with Crippen LogP contribution in [0.4, 0.5) is 0 Å². The molecule has 0 aromatic carbocycles. The Kier molecular flexibility index (Phi) is 2.31. The summed E-state index contributed by atoms with van der Waals surface area (Å²) in [5, 5.41) is 3.71. The summed E-state index contributed by atoms with van der Waals surface area (Å²) in [6, 6.07) is 3.56. The van der Waals surface area contributed by atoms with Gasteiger partial charge in [0.25, 0.3) is 0 Å². The van der Waals surface area contributed by atoms with E-state index in [9.17, 15) is 0 Å². The predicted molar refractivity (Wildman–Crippen MR) is 61.2 cm³/mol. The Balaban J connectivity index is 1.85. The highest BCUT2D eigenvalue weighted by Crippen LogP contribution is 2.39. The van der Waals surface area contributed by atoms with E-state index in [1.165, 1.54) is 42.5 Å². The van der Waals surface area contributed by atoms with Crippen molar-refractivity contribution in [2.45, 2.75) is 44.2 Å². The van der Waals surface area contributed by atoms with Crippen LogP contribution in [0.3, 0.4) is 0 Å². The predicted octanol–water partition coefficient (Wildman–Crippen LogP) is 3.53. The summed E-state index contributed by atoms with van der Waals surface area (Å²) in [5.41, 5.74) is 1.48. The maximum Gasteiger partial charge on any atom is 0.0934 e. The van der Waals surface area contributed by atoms with E-state index in [0.29, 0.717) is 6.04 Å². The van der Waals surface area contributed by atoms with Crippen LogP contribution >= 0.6 is 22.9 Å². The summed E-state index contributed by atoms with van der Waals surface area (Å²) in [7, 11) is 0. The van der Waals surface area contributed by atoms with E-state index >= 15 is 0 Å². The minimum absolute atomic E-state index is 0.593. The Morgan fingerprint density at radius 3 is 3.00 bits per heavy atom. The highest BCUT2D eigenvalue weighted by molar-refractivity contribution is 7.16. The van der Waals surface area contributed by atoms with Crippen LogP contribution in [0.15, 0.2) is 6.07 Å². The summed E-state index contributed by atoms with van der Waals surface area (Å²) >= 11 is 7.83. The minimum atomic E-state index is 0.593. The van der Waals surface area contributed by atoms with Crippen LogP contribution in [-0.4, -0.2) is 6.04 Å². The van der Waals surface area contributed by atoms with Crippen molar-refractivity contribution in [2.75, 3.05) is 0 Å². The summed E-state index contributed by atoms with van der Waals surface area (Å²) in [6.45, 7) is 0. The molecule has 14 heavy (non-hydrogen) atoms. The second-order valence-electron chi connectivity index (χ2n) is 4.31. The van der Waals surface area contributed by atoms with Gasteiger partial charge in [-0.25, -0.2) is 0 Å². The summed E-state index contributed by atoms with van der Waals surface area (Å²) < 4.78 is 0.958. The van der Waals surface area contributed by atoms with Gasteiger partial charge in [0.05, 0.1) is 4.34 Å². The van der Waals surface area contributed by atoms with Crippen LogP contribution < -0.4 is 5.32 Å². The Labute approximate surface area is 93.5 Å². The smallest absolute Gasteiger partial charge is 0.0934 e. The Hall–Kier alpha value is -0.0500. The van der Waals surface area contributed by atoms with E-state index < -0.39 is 0 Å². The average molecular weight is 228 g/mol. The molecule has 1 unspecified atom stereocenters. The largest absolute Gasteiger partial charge is 0.307 e. The van der Waals surface area contributed by atoms with Crippen molar-refractivity contribution in [3.8, 4) is 0 Å². The third kappa shape index (κ3) is 1.71. The van der Waals surface area contributed by atoms with Crippen molar-refractivity contribution in [1.29, 1.82) is 0 Å². The van der Waals surface area contributed by atoms with Gasteiger partial charge in [-0.3, -0.25) is 0 Å². The van der Waals surface area contributed by atoms with Crippen molar-refractivity contribution in [3.63, 3.8) is 0 Å². The Morgan fingerprint density at radius 2 is 2.21 bits per heavy atom. The molecule has 1 aromatic rings. The van der Waals surface area contributed by atoms with Gasteiger partial charge >= 0.3 is 0 Å². The van der Waals surface area contributed by atoms with E-state index in [4.69, 9.17) is 11.6 Å². The molecular weight excluding hydrogens is 214 g/mol. The third-order valence-corrected chi connectivity index (χ3v) is 4.44. The van der Waals surface area contributed by atoms with Crippen LogP contribution in [0.5, 0.6) is 0 Å². The fourth-order valence-corrected chi connectivity index (χ4v) is 3.61. The molecule has 3 heteroatoms. The van der Waals surface area contributed by atoms with Crippen molar-refractivity contribution in [2.24, 2.45) is 0 Å². The van der Waals surface area contributed by atoms with Crippen LogP contribution in [-0.2, 0) is 6.42 Å². The lowest BCUT2D eigenvalue weighted by Gasteiger charge is -2.23. The number of nitrogens with one attached hydrogen (secondary N) is 1. The number of thiophene rings is 1. The fourth-order valence-electron chi connectivity index (χ4n) is 2.23. The van der Waals surface area contributed by atoms with E-state index in [1.54, 1.807) is 11.3 Å². The monoisotopic (exact) mass is 227 g/mol. The van der Waals surface area contributed by atoms with Crippen molar-refractivity contribution < 1.29 is 0 Å². The highest BCUT2D eigenvalue weighted by atomic mass is 35.5. The SMILES string of the molecule is Clc1cc2c(s1)CCCC2NC1CC1. The third-order valence-electron chi connectivity index (χ3n) is 3.10. The minimum Gasteiger partial charge on any atom is -0.307 e. The molecule has 1 saturated carbocycles. The maximum atomic E-state index is 6.06. The first-order valence-corrected chi connectivity index (χ1v) is 6.56. The normalized spacial score (nSPS) is 26.2. The lowest BCUT2D eigenvalue weighted by molar-refractivity contribution is 0.461. The molecule has 76 valence electrons. The molecule has 1 nitrogen and oxygen atoms in total. The number of hydrogen-bond acceptors (Lipinski definition) is 2. The lowest BCUT2D eigenvalue weighted by atomic mass is 9.94. The van der Waals surface area contributed by atoms with E-state index in [1.807, 2.05) is 0 Å². The Morgan fingerprint density at radius 1 is 1.36 bits per heavy atom. The van der Waals surface area contributed by atoms with Gasteiger partial charge in [-0.1, -0.05) is 11.6 Å². The zero-order valence-electron chi connectivity index (χ0n) is 8.05. The molecule has 0 amide bonds. The molecular formula is C11H14ClNS. The van der Waals surface area contributed by atoms with Gasteiger partial charge in [-0.05, 0) is 43.7 Å². The van der Waals surface area contributed by atoms with Gasteiger partial charge in [0.1, 0.15) is 0 Å². The molecule has 1 heterocycles. The van der Waals surface area contributed by atoms with E-state index in [-0.39, 0.29) is 0 Å². The van der Waals surface area contributed by atoms with Crippen LogP contribution in [0.25, 0.3) is 0 Å². The number of rotatable bonds is 2. The molecule has 0 spiro atoms. The lowest BCUT2D eigenvalue weighted by Crippen LogP contribution is -2.25. The first-order chi connectivity index (χ1) is 6.83. The second-order valence-corrected chi connectivity index (χ2v) is 6.08. The van der Waals surface area contributed by atoms with Gasteiger partial charge in [0, 0.05) is 17.0 Å². The quantitative estimate of drug-likeness (QED) is 0.815. The molecule has 1 fully saturated rings. The van der Waals surface area contributed by atoms with Crippen LogP contribution in [0, 0.1) is 0 Å². The maximum absolute atomic E-state index is 6.06. The van der Waals surface area contributed by atoms with Gasteiger partial charge in [0.2, 0.25) is 0 Å². The van der Waals surface area contributed by atoms with E-state index in [0.717, 1.165) is 10.4 Å². The first kappa shape index (κ1) is 9.20.